The van der Waals surface area contributed by atoms with Crippen molar-refractivity contribution < 1.29 is 4.74 Å². The minimum atomic E-state index is 0.325. The summed E-state index contributed by atoms with van der Waals surface area (Å²) in [5, 5.41) is 23.0. The number of nitrogens with one attached hydrogen (secondary N) is 1. The molecular weight excluding hydrogens is 386 g/mol. The lowest BCUT2D eigenvalue weighted by Gasteiger charge is -2.10. The molecule has 4 rings (SSSR count). The number of anilines is 2. The standard InChI is InChI=1S/C22H12ClN5O/c23-21-18-7-3-15(13-25)11-16(18)4-8-19(21)29-20-9-10-26-22(28-20)27-17-5-1-14(12-24)2-6-17/h1-11H,(H,26,27,28). The first kappa shape index (κ1) is 18.2. The Morgan fingerprint density at radius 2 is 1.66 bits per heavy atom. The molecule has 1 aromatic heterocycles. The van der Waals surface area contributed by atoms with E-state index in [0.29, 0.717) is 33.7 Å². The van der Waals surface area contributed by atoms with E-state index in [2.05, 4.69) is 27.4 Å². The van der Waals surface area contributed by atoms with E-state index in [0.717, 1.165) is 16.5 Å². The number of halogens is 1. The van der Waals surface area contributed by atoms with Gasteiger partial charge < -0.3 is 10.1 Å². The van der Waals surface area contributed by atoms with Gasteiger partial charge in [-0.3, -0.25) is 0 Å². The first-order valence-corrected chi connectivity index (χ1v) is 8.94. The van der Waals surface area contributed by atoms with Crippen LogP contribution in [0.15, 0.2) is 66.9 Å². The largest absolute Gasteiger partial charge is 0.437 e. The van der Waals surface area contributed by atoms with Crippen LogP contribution in [-0.2, 0) is 0 Å². The molecule has 0 saturated heterocycles. The highest BCUT2D eigenvalue weighted by molar-refractivity contribution is 6.37. The van der Waals surface area contributed by atoms with Gasteiger partial charge >= 0.3 is 0 Å². The third-order valence-electron chi connectivity index (χ3n) is 4.16. The molecule has 0 aliphatic rings. The van der Waals surface area contributed by atoms with Crippen LogP contribution in [0.3, 0.4) is 0 Å². The van der Waals surface area contributed by atoms with Gasteiger partial charge in [-0.15, -0.1) is 0 Å². The smallest absolute Gasteiger partial charge is 0.230 e. The summed E-state index contributed by atoms with van der Waals surface area (Å²) in [4.78, 5) is 8.52. The molecule has 0 bridgehead atoms. The van der Waals surface area contributed by atoms with Crippen molar-refractivity contribution in [2.75, 3.05) is 5.32 Å². The van der Waals surface area contributed by atoms with E-state index in [1.54, 1.807) is 60.8 Å². The van der Waals surface area contributed by atoms with Crippen LogP contribution in [0.4, 0.5) is 11.6 Å². The van der Waals surface area contributed by atoms with Crippen molar-refractivity contribution in [3.8, 4) is 23.8 Å². The van der Waals surface area contributed by atoms with Gasteiger partial charge in [0.2, 0.25) is 11.8 Å². The Bertz CT molecular complexity index is 1290. The van der Waals surface area contributed by atoms with Gasteiger partial charge in [-0.05, 0) is 47.9 Å². The minimum Gasteiger partial charge on any atom is -0.437 e. The summed E-state index contributed by atoms with van der Waals surface area (Å²) in [5.41, 5.74) is 1.89. The Balaban J connectivity index is 1.58. The van der Waals surface area contributed by atoms with Crippen LogP contribution in [0.1, 0.15) is 11.1 Å². The van der Waals surface area contributed by atoms with E-state index in [9.17, 15) is 0 Å². The number of ether oxygens (including phenoxy) is 1. The molecule has 6 nitrogen and oxygen atoms in total. The van der Waals surface area contributed by atoms with E-state index in [-0.39, 0.29) is 0 Å². The molecule has 7 heteroatoms. The van der Waals surface area contributed by atoms with Crippen LogP contribution in [0, 0.1) is 22.7 Å². The van der Waals surface area contributed by atoms with Gasteiger partial charge in [0.25, 0.3) is 0 Å². The summed E-state index contributed by atoms with van der Waals surface area (Å²) in [6.45, 7) is 0. The molecule has 29 heavy (non-hydrogen) atoms. The summed E-state index contributed by atoms with van der Waals surface area (Å²) >= 11 is 6.49. The first-order chi connectivity index (χ1) is 14.2. The maximum Gasteiger partial charge on any atom is 0.230 e. The number of benzene rings is 3. The third-order valence-corrected chi connectivity index (χ3v) is 4.55. The number of nitriles is 2. The number of nitrogens with zero attached hydrogens (tertiary/aromatic N) is 4. The SMILES string of the molecule is N#Cc1ccc(Nc2nccc(Oc3ccc4cc(C#N)ccc4c3Cl)n2)cc1. The van der Waals surface area contributed by atoms with E-state index in [4.69, 9.17) is 26.9 Å². The Morgan fingerprint density at radius 3 is 2.41 bits per heavy atom. The molecule has 0 aliphatic heterocycles. The Labute approximate surface area is 171 Å². The van der Waals surface area contributed by atoms with Gasteiger partial charge in [0.1, 0.15) is 5.75 Å². The third kappa shape index (κ3) is 3.93. The van der Waals surface area contributed by atoms with Gasteiger partial charge in [0.15, 0.2) is 0 Å². The highest BCUT2D eigenvalue weighted by Gasteiger charge is 2.10. The molecule has 0 atom stereocenters. The van der Waals surface area contributed by atoms with Crippen molar-refractivity contribution in [3.63, 3.8) is 0 Å². The number of hydrogen-bond acceptors (Lipinski definition) is 6. The highest BCUT2D eigenvalue weighted by atomic mass is 35.5. The second-order valence-electron chi connectivity index (χ2n) is 6.06. The van der Waals surface area contributed by atoms with Gasteiger partial charge in [-0.25, -0.2) is 4.98 Å². The van der Waals surface area contributed by atoms with E-state index < -0.39 is 0 Å². The summed E-state index contributed by atoms with van der Waals surface area (Å²) in [6.07, 6.45) is 1.57. The minimum absolute atomic E-state index is 0.325. The molecule has 3 aromatic carbocycles. The van der Waals surface area contributed by atoms with E-state index in [1.165, 1.54) is 0 Å². The molecule has 0 amide bonds. The van der Waals surface area contributed by atoms with Crippen LogP contribution in [0.5, 0.6) is 11.6 Å². The van der Waals surface area contributed by atoms with Crippen molar-refractivity contribution in [1.82, 2.24) is 9.97 Å². The van der Waals surface area contributed by atoms with E-state index in [1.807, 2.05) is 6.07 Å². The normalized spacial score (nSPS) is 10.2. The zero-order valence-corrected chi connectivity index (χ0v) is 15.7. The molecule has 0 radical (unpaired) electrons. The van der Waals surface area contributed by atoms with Crippen LogP contribution in [0.25, 0.3) is 10.8 Å². The number of fused-ring (bicyclic) bond motifs is 1. The Hall–Kier alpha value is -4.13. The molecule has 4 aromatic rings. The Kier molecular flexibility index (Phi) is 4.94. The summed E-state index contributed by atoms with van der Waals surface area (Å²) in [5.74, 6) is 1.13. The lowest BCUT2D eigenvalue weighted by molar-refractivity contribution is 0.463. The zero-order chi connectivity index (χ0) is 20.2. The topological polar surface area (TPSA) is 94.6 Å². The number of rotatable bonds is 4. The fraction of sp³-hybridized carbons (Fsp3) is 0. The van der Waals surface area contributed by atoms with Crippen molar-refractivity contribution in [2.45, 2.75) is 0 Å². The highest BCUT2D eigenvalue weighted by Crippen LogP contribution is 2.35. The Morgan fingerprint density at radius 1 is 0.897 bits per heavy atom. The molecule has 0 unspecified atom stereocenters. The molecular formula is C22H12ClN5O. The molecule has 1 heterocycles. The molecule has 138 valence electrons. The summed E-state index contributed by atoms with van der Waals surface area (Å²) in [7, 11) is 0. The van der Waals surface area contributed by atoms with Crippen LogP contribution < -0.4 is 10.1 Å². The molecule has 0 saturated carbocycles. The summed E-state index contributed by atoms with van der Waals surface area (Å²) < 4.78 is 5.86. The number of aromatic nitrogens is 2. The van der Waals surface area contributed by atoms with Crippen molar-refractivity contribution >= 4 is 34.0 Å². The predicted molar refractivity (Wildman–Crippen MR) is 110 cm³/mol. The van der Waals surface area contributed by atoms with Crippen molar-refractivity contribution in [2.24, 2.45) is 0 Å². The van der Waals surface area contributed by atoms with E-state index >= 15 is 0 Å². The lowest BCUT2D eigenvalue weighted by atomic mass is 10.1. The zero-order valence-electron chi connectivity index (χ0n) is 14.9. The fourth-order valence-electron chi connectivity index (χ4n) is 2.75. The van der Waals surface area contributed by atoms with Crippen LogP contribution >= 0.6 is 11.6 Å². The second kappa shape index (κ2) is 7.85. The fourth-order valence-corrected chi connectivity index (χ4v) is 3.02. The lowest BCUT2D eigenvalue weighted by Crippen LogP contribution is -1.98. The van der Waals surface area contributed by atoms with Gasteiger partial charge in [-0.2, -0.15) is 15.5 Å². The van der Waals surface area contributed by atoms with Gasteiger partial charge in [-0.1, -0.05) is 23.7 Å². The molecule has 0 aliphatic carbocycles. The molecule has 0 spiro atoms. The average molecular weight is 398 g/mol. The maximum atomic E-state index is 9.03. The quantitative estimate of drug-likeness (QED) is 0.484. The van der Waals surface area contributed by atoms with Crippen LogP contribution in [-0.4, -0.2) is 9.97 Å². The first-order valence-electron chi connectivity index (χ1n) is 8.57. The van der Waals surface area contributed by atoms with Gasteiger partial charge in [0, 0.05) is 23.3 Å². The van der Waals surface area contributed by atoms with Gasteiger partial charge in [0.05, 0.1) is 28.3 Å². The number of hydrogen-bond donors (Lipinski definition) is 1. The molecule has 0 fully saturated rings. The van der Waals surface area contributed by atoms with Crippen molar-refractivity contribution in [3.05, 3.63) is 83.0 Å². The maximum absolute atomic E-state index is 9.03. The average Bonchev–Trinajstić information content (AvgIpc) is 2.76. The van der Waals surface area contributed by atoms with Crippen LogP contribution in [0.2, 0.25) is 5.02 Å². The predicted octanol–water partition coefficient (Wildman–Crippen LogP) is 5.56. The second-order valence-corrected chi connectivity index (χ2v) is 6.44. The summed E-state index contributed by atoms with van der Waals surface area (Å²) in [6, 6.07) is 21.6. The molecule has 1 N–H and O–H groups in total. The monoisotopic (exact) mass is 397 g/mol. The van der Waals surface area contributed by atoms with Crippen molar-refractivity contribution in [1.29, 1.82) is 10.5 Å².